The van der Waals surface area contributed by atoms with E-state index in [1.54, 1.807) is 11.8 Å². The second kappa shape index (κ2) is 8.69. The molecule has 1 fully saturated rings. The number of alkyl halides is 6. The van der Waals surface area contributed by atoms with Gasteiger partial charge in [-0.1, -0.05) is 6.92 Å². The summed E-state index contributed by atoms with van der Waals surface area (Å²) in [6, 6.07) is 3.94. The average Bonchev–Trinajstić information content (AvgIpc) is 3.22. The topological polar surface area (TPSA) is 77.2 Å². The number of H-pyrrole nitrogens is 1. The van der Waals surface area contributed by atoms with E-state index in [0.717, 1.165) is 18.2 Å². The highest BCUT2D eigenvalue weighted by Gasteiger charge is 2.36. The van der Waals surface area contributed by atoms with Gasteiger partial charge in [0.25, 0.3) is 0 Å². The number of fused-ring (bicyclic) bond motifs is 1. The molecular weight excluding hydrogens is 466 g/mol. The van der Waals surface area contributed by atoms with Gasteiger partial charge in [0.2, 0.25) is 11.9 Å². The fourth-order valence-corrected chi connectivity index (χ4v) is 3.75. The Bertz CT molecular complexity index is 1200. The number of nitrogens with one attached hydrogen (secondary N) is 2. The Morgan fingerprint density at radius 2 is 1.74 bits per heavy atom. The van der Waals surface area contributed by atoms with Crippen molar-refractivity contribution >= 4 is 34.4 Å². The Kier molecular flexibility index (Phi) is 6.04. The van der Waals surface area contributed by atoms with Crippen molar-refractivity contribution in [3.05, 3.63) is 41.6 Å². The number of benzene rings is 1. The van der Waals surface area contributed by atoms with E-state index in [9.17, 15) is 31.1 Å². The second-order valence-electron chi connectivity index (χ2n) is 7.73. The number of piperazine rings is 1. The molecule has 7 nitrogen and oxygen atoms in total. The van der Waals surface area contributed by atoms with Crippen molar-refractivity contribution in [2.45, 2.75) is 25.7 Å². The molecule has 3 aromatic rings. The first-order valence-electron chi connectivity index (χ1n) is 10.4. The number of hydrogen-bond donors (Lipinski definition) is 2. The van der Waals surface area contributed by atoms with Crippen LogP contribution in [0.3, 0.4) is 0 Å². The van der Waals surface area contributed by atoms with Gasteiger partial charge in [-0.25, -0.2) is 9.97 Å². The average molecular weight is 486 g/mol. The van der Waals surface area contributed by atoms with Crippen molar-refractivity contribution in [1.29, 1.82) is 0 Å². The minimum Gasteiger partial charge on any atom is -0.353 e. The van der Waals surface area contributed by atoms with Crippen LogP contribution in [0.2, 0.25) is 0 Å². The van der Waals surface area contributed by atoms with Crippen molar-refractivity contribution in [2.24, 2.45) is 0 Å². The Balaban J connectivity index is 1.60. The normalized spacial score (nSPS) is 15.1. The van der Waals surface area contributed by atoms with Crippen LogP contribution in [0.25, 0.3) is 11.0 Å². The van der Waals surface area contributed by atoms with E-state index in [2.05, 4.69) is 20.3 Å². The summed E-state index contributed by atoms with van der Waals surface area (Å²) in [5, 5.41) is 2.45. The predicted molar refractivity (Wildman–Crippen MR) is 114 cm³/mol. The summed E-state index contributed by atoms with van der Waals surface area (Å²) in [5.74, 6) is -0.369. The van der Waals surface area contributed by atoms with E-state index in [1.807, 2.05) is 0 Å². The number of amides is 1. The molecular formula is C21H20F6N6O. The van der Waals surface area contributed by atoms with Crippen molar-refractivity contribution in [1.82, 2.24) is 15.0 Å². The van der Waals surface area contributed by atoms with E-state index >= 15 is 0 Å². The molecule has 0 saturated carbocycles. The number of aromatic nitrogens is 3. The van der Waals surface area contributed by atoms with Gasteiger partial charge in [-0.15, -0.1) is 0 Å². The summed E-state index contributed by atoms with van der Waals surface area (Å²) >= 11 is 0. The minimum absolute atomic E-state index is 0.0684. The lowest BCUT2D eigenvalue weighted by Gasteiger charge is -2.36. The fraction of sp³-hybridized carbons (Fsp3) is 0.381. The van der Waals surface area contributed by atoms with Crippen molar-refractivity contribution in [3.8, 4) is 0 Å². The Labute approximate surface area is 189 Å². The number of imidazole rings is 1. The lowest BCUT2D eigenvalue weighted by Crippen LogP contribution is -2.47. The molecule has 3 heterocycles. The number of halogens is 6. The van der Waals surface area contributed by atoms with Crippen LogP contribution in [0.4, 0.5) is 43.8 Å². The van der Waals surface area contributed by atoms with Crippen LogP contribution in [-0.2, 0) is 17.1 Å². The van der Waals surface area contributed by atoms with Gasteiger partial charge in [-0.3, -0.25) is 4.79 Å². The third-order valence-corrected chi connectivity index (χ3v) is 5.47. The molecule has 0 spiro atoms. The van der Waals surface area contributed by atoms with Crippen LogP contribution in [0.5, 0.6) is 0 Å². The SMILES string of the molecule is CCC(=O)Nc1cc(C(F)(F)F)cc2[nH]c(N3CCN(c4ncccc4C(F)(F)F)CC3)nc12. The molecule has 13 heteroatoms. The van der Waals surface area contributed by atoms with Crippen LogP contribution >= 0.6 is 0 Å². The van der Waals surface area contributed by atoms with E-state index in [4.69, 9.17) is 0 Å². The maximum atomic E-state index is 13.3. The molecule has 0 bridgehead atoms. The van der Waals surface area contributed by atoms with E-state index in [-0.39, 0.29) is 61.1 Å². The van der Waals surface area contributed by atoms with Gasteiger partial charge in [0.05, 0.1) is 22.3 Å². The zero-order valence-electron chi connectivity index (χ0n) is 17.9. The zero-order chi connectivity index (χ0) is 24.7. The highest BCUT2D eigenvalue weighted by Crippen LogP contribution is 2.37. The summed E-state index contributed by atoms with van der Waals surface area (Å²) in [5.41, 5.74) is -1.59. The molecule has 0 atom stereocenters. The number of rotatable bonds is 4. The molecule has 1 saturated heterocycles. The summed E-state index contributed by atoms with van der Waals surface area (Å²) in [7, 11) is 0. The molecule has 34 heavy (non-hydrogen) atoms. The molecule has 2 N–H and O–H groups in total. The van der Waals surface area contributed by atoms with Gasteiger partial charge < -0.3 is 20.1 Å². The summed E-state index contributed by atoms with van der Waals surface area (Å²) in [4.78, 5) is 26.2. The number of aromatic amines is 1. The molecule has 0 unspecified atom stereocenters. The monoisotopic (exact) mass is 486 g/mol. The molecule has 1 aromatic carbocycles. The zero-order valence-corrected chi connectivity index (χ0v) is 17.9. The summed E-state index contributed by atoms with van der Waals surface area (Å²) in [6.45, 7) is 2.49. The van der Waals surface area contributed by atoms with Crippen molar-refractivity contribution in [3.63, 3.8) is 0 Å². The lowest BCUT2D eigenvalue weighted by molar-refractivity contribution is -0.138. The number of hydrogen-bond acceptors (Lipinski definition) is 5. The Morgan fingerprint density at radius 1 is 1.06 bits per heavy atom. The van der Waals surface area contributed by atoms with E-state index < -0.39 is 29.4 Å². The Morgan fingerprint density at radius 3 is 2.35 bits per heavy atom. The van der Waals surface area contributed by atoms with Gasteiger partial charge in [-0.2, -0.15) is 26.3 Å². The number of pyridine rings is 1. The predicted octanol–water partition coefficient (Wildman–Crippen LogP) is 4.67. The van der Waals surface area contributed by atoms with Gasteiger partial charge in [0, 0.05) is 38.8 Å². The van der Waals surface area contributed by atoms with E-state index in [1.165, 1.54) is 17.2 Å². The maximum absolute atomic E-state index is 13.3. The minimum atomic E-state index is -4.63. The highest BCUT2D eigenvalue weighted by molar-refractivity contribution is 6.00. The maximum Gasteiger partial charge on any atom is 0.419 e. The molecule has 182 valence electrons. The van der Waals surface area contributed by atoms with Crippen LogP contribution < -0.4 is 15.1 Å². The number of anilines is 3. The number of carbonyl (C=O) groups excluding carboxylic acids is 1. The van der Waals surface area contributed by atoms with Crippen LogP contribution in [-0.4, -0.2) is 47.0 Å². The summed E-state index contributed by atoms with van der Waals surface area (Å²) < 4.78 is 80.0. The third kappa shape index (κ3) is 4.73. The van der Waals surface area contributed by atoms with Crippen LogP contribution in [0.1, 0.15) is 24.5 Å². The Hall–Kier alpha value is -3.51. The van der Waals surface area contributed by atoms with Gasteiger partial charge in [-0.05, 0) is 24.3 Å². The first-order chi connectivity index (χ1) is 16.0. The number of carbonyl (C=O) groups is 1. The third-order valence-electron chi connectivity index (χ3n) is 5.47. The van der Waals surface area contributed by atoms with Crippen LogP contribution in [0, 0.1) is 0 Å². The first-order valence-corrected chi connectivity index (χ1v) is 10.4. The molecule has 1 amide bonds. The van der Waals surface area contributed by atoms with E-state index in [0.29, 0.717) is 0 Å². The molecule has 0 radical (unpaired) electrons. The van der Waals surface area contributed by atoms with Crippen molar-refractivity contribution < 1.29 is 31.1 Å². The van der Waals surface area contributed by atoms with Gasteiger partial charge in [0.1, 0.15) is 11.3 Å². The van der Waals surface area contributed by atoms with Crippen molar-refractivity contribution in [2.75, 3.05) is 41.3 Å². The largest absolute Gasteiger partial charge is 0.419 e. The van der Waals surface area contributed by atoms with Gasteiger partial charge in [0.15, 0.2) is 0 Å². The summed E-state index contributed by atoms with van der Waals surface area (Å²) in [6.07, 6.45) is -7.81. The molecule has 1 aliphatic rings. The second-order valence-corrected chi connectivity index (χ2v) is 7.73. The smallest absolute Gasteiger partial charge is 0.353 e. The fourth-order valence-electron chi connectivity index (χ4n) is 3.75. The number of nitrogens with zero attached hydrogens (tertiary/aromatic N) is 4. The molecule has 0 aliphatic carbocycles. The quantitative estimate of drug-likeness (QED) is 0.525. The molecule has 4 rings (SSSR count). The van der Waals surface area contributed by atoms with Crippen LogP contribution in [0.15, 0.2) is 30.5 Å². The standard InChI is InChI=1S/C21H20F6N6O/c1-2-16(34)29-14-10-12(20(22,23)24)11-15-17(14)31-19(30-15)33-8-6-32(7-9-33)18-13(21(25,26)27)4-3-5-28-18/h3-5,10-11H,2,6-9H2,1H3,(H,29,34)(H,30,31). The highest BCUT2D eigenvalue weighted by atomic mass is 19.4. The first kappa shape index (κ1) is 23.6. The lowest BCUT2D eigenvalue weighted by atomic mass is 10.1. The molecule has 2 aromatic heterocycles. The van der Waals surface area contributed by atoms with Gasteiger partial charge >= 0.3 is 12.4 Å². The molecule has 1 aliphatic heterocycles.